The van der Waals surface area contributed by atoms with Crippen molar-refractivity contribution in [2.45, 2.75) is 39.0 Å². The molecule has 0 heteroatoms. The van der Waals surface area contributed by atoms with Gasteiger partial charge in [-0.05, 0) is 39.1 Å². The van der Waals surface area contributed by atoms with E-state index in [9.17, 15) is 0 Å². The molecule has 0 unspecified atom stereocenters. The van der Waals surface area contributed by atoms with Crippen LogP contribution in [0.3, 0.4) is 0 Å². The molecule has 0 aliphatic heterocycles. The number of benzene rings is 4. The highest BCUT2D eigenvalue weighted by atomic mass is 14.2. The van der Waals surface area contributed by atoms with Gasteiger partial charge in [-0.1, -0.05) is 118 Å². The molecule has 4 aromatic rings. The number of fused-ring (bicyclic) bond motifs is 2. The Morgan fingerprint density at radius 1 is 0.556 bits per heavy atom. The molecule has 0 saturated carbocycles. The molecule has 0 atom stereocenters. The van der Waals surface area contributed by atoms with Crippen molar-refractivity contribution in [3.05, 3.63) is 102 Å². The van der Waals surface area contributed by atoms with Crippen molar-refractivity contribution in [3.63, 3.8) is 0 Å². The predicted octanol–water partition coefficient (Wildman–Crippen LogP) is 7.93. The molecule has 0 aliphatic carbocycles. The number of rotatable bonds is 7. The molecule has 0 heterocycles. The first kappa shape index (κ1) is 17.8. The summed E-state index contributed by atoms with van der Waals surface area (Å²) in [6.45, 7) is 2.28. The molecule has 0 nitrogen and oxygen atoms in total. The largest absolute Gasteiger partial charge is 0.0654 e. The lowest BCUT2D eigenvalue weighted by atomic mass is 9.85. The van der Waals surface area contributed by atoms with Gasteiger partial charge in [-0.25, -0.2) is 0 Å². The van der Waals surface area contributed by atoms with E-state index in [0.717, 1.165) is 6.42 Å². The summed E-state index contributed by atoms with van der Waals surface area (Å²) in [5, 5.41) is 5.26. The first-order valence-electron chi connectivity index (χ1n) is 10.2. The normalized spacial score (nSPS) is 11.5. The zero-order valence-corrected chi connectivity index (χ0v) is 16.1. The fourth-order valence-corrected chi connectivity index (χ4v) is 3.94. The third kappa shape index (κ3) is 4.06. The highest BCUT2D eigenvalue weighted by Crippen LogP contribution is 2.33. The summed E-state index contributed by atoms with van der Waals surface area (Å²) >= 11 is 0. The molecule has 0 N–H and O–H groups in total. The van der Waals surface area contributed by atoms with Crippen LogP contribution in [0.1, 0.15) is 50.2 Å². The second-order valence-electron chi connectivity index (χ2n) is 7.41. The molecule has 4 rings (SSSR count). The fourth-order valence-electron chi connectivity index (χ4n) is 3.94. The van der Waals surface area contributed by atoms with Gasteiger partial charge in [0.2, 0.25) is 0 Å². The van der Waals surface area contributed by atoms with Crippen molar-refractivity contribution in [1.82, 2.24) is 0 Å². The zero-order chi connectivity index (χ0) is 18.5. The Morgan fingerprint density at radius 3 is 1.59 bits per heavy atom. The van der Waals surface area contributed by atoms with Gasteiger partial charge in [0.05, 0.1) is 0 Å². The van der Waals surface area contributed by atoms with Gasteiger partial charge in [0.1, 0.15) is 0 Å². The van der Waals surface area contributed by atoms with Crippen molar-refractivity contribution >= 4 is 21.5 Å². The Morgan fingerprint density at radius 2 is 1.07 bits per heavy atom. The van der Waals surface area contributed by atoms with Crippen LogP contribution in [0.4, 0.5) is 0 Å². The van der Waals surface area contributed by atoms with Gasteiger partial charge in [0.25, 0.3) is 0 Å². The van der Waals surface area contributed by atoms with Gasteiger partial charge in [0, 0.05) is 5.92 Å². The predicted molar refractivity (Wildman–Crippen MR) is 118 cm³/mol. The molecule has 0 bridgehead atoms. The van der Waals surface area contributed by atoms with E-state index in [1.165, 1.54) is 64.3 Å². The minimum atomic E-state index is 1.14. The average Bonchev–Trinajstić information content (AvgIpc) is 2.73. The van der Waals surface area contributed by atoms with E-state index in [4.69, 9.17) is 0 Å². The van der Waals surface area contributed by atoms with E-state index in [2.05, 4.69) is 91.9 Å². The molecule has 27 heavy (non-hydrogen) atoms. The van der Waals surface area contributed by atoms with E-state index in [1.807, 2.05) is 0 Å². The minimum Gasteiger partial charge on any atom is -0.0654 e. The summed E-state index contributed by atoms with van der Waals surface area (Å²) in [5.41, 5.74) is 2.72. The maximum absolute atomic E-state index is 2.36. The third-order valence-corrected chi connectivity index (χ3v) is 5.48. The van der Waals surface area contributed by atoms with Gasteiger partial charge < -0.3 is 0 Å². The quantitative estimate of drug-likeness (QED) is 0.296. The van der Waals surface area contributed by atoms with Crippen LogP contribution in [0.5, 0.6) is 0 Å². The SMILES string of the molecule is CCCCCC[C](c1ccc2ccccc2c1)c1ccc2ccccc2c1. The van der Waals surface area contributed by atoms with Gasteiger partial charge in [0.15, 0.2) is 0 Å². The summed E-state index contributed by atoms with van der Waals surface area (Å²) in [5.74, 6) is 1.47. The highest BCUT2D eigenvalue weighted by Gasteiger charge is 2.16. The van der Waals surface area contributed by atoms with Crippen LogP contribution < -0.4 is 0 Å². The lowest BCUT2D eigenvalue weighted by Gasteiger charge is -2.19. The fraction of sp³-hybridized carbons (Fsp3) is 0.222. The average molecular weight is 352 g/mol. The van der Waals surface area contributed by atoms with Crippen LogP contribution in [0.2, 0.25) is 0 Å². The smallest absolute Gasteiger partial charge is 0.0340 e. The van der Waals surface area contributed by atoms with Crippen LogP contribution in [0.25, 0.3) is 21.5 Å². The first-order valence-corrected chi connectivity index (χ1v) is 10.2. The van der Waals surface area contributed by atoms with Crippen LogP contribution in [-0.4, -0.2) is 0 Å². The summed E-state index contributed by atoms with van der Waals surface area (Å²) in [6.07, 6.45) is 6.30. The maximum Gasteiger partial charge on any atom is 0.0340 e. The number of hydrogen-bond acceptors (Lipinski definition) is 0. The maximum atomic E-state index is 2.36. The molecule has 135 valence electrons. The molecule has 0 amide bonds. The Labute approximate surface area is 162 Å². The number of unbranched alkanes of at least 4 members (excludes halogenated alkanes) is 3. The topological polar surface area (TPSA) is 0 Å². The van der Waals surface area contributed by atoms with Gasteiger partial charge in [-0.2, -0.15) is 0 Å². The second-order valence-corrected chi connectivity index (χ2v) is 7.41. The van der Waals surface area contributed by atoms with Gasteiger partial charge in [-0.3, -0.25) is 0 Å². The Bertz CT molecular complexity index is 949. The van der Waals surface area contributed by atoms with E-state index < -0.39 is 0 Å². The molecule has 0 fully saturated rings. The van der Waals surface area contributed by atoms with Crippen molar-refractivity contribution in [2.24, 2.45) is 0 Å². The Balaban J connectivity index is 1.72. The molecule has 0 saturated heterocycles. The molecule has 0 spiro atoms. The highest BCUT2D eigenvalue weighted by molar-refractivity contribution is 5.85. The monoisotopic (exact) mass is 351 g/mol. The number of hydrogen-bond donors (Lipinski definition) is 0. The lowest BCUT2D eigenvalue weighted by Crippen LogP contribution is -2.03. The van der Waals surface area contributed by atoms with Crippen molar-refractivity contribution < 1.29 is 0 Å². The van der Waals surface area contributed by atoms with Crippen molar-refractivity contribution in [2.75, 3.05) is 0 Å². The molecular formula is C27H27. The first-order chi connectivity index (χ1) is 13.3. The van der Waals surface area contributed by atoms with E-state index in [-0.39, 0.29) is 0 Å². The zero-order valence-electron chi connectivity index (χ0n) is 16.1. The molecular weight excluding hydrogens is 324 g/mol. The minimum absolute atomic E-state index is 1.14. The molecule has 1 radical (unpaired) electrons. The van der Waals surface area contributed by atoms with Crippen LogP contribution in [0, 0.1) is 5.92 Å². The van der Waals surface area contributed by atoms with Gasteiger partial charge in [-0.15, -0.1) is 0 Å². The van der Waals surface area contributed by atoms with E-state index >= 15 is 0 Å². The van der Waals surface area contributed by atoms with Crippen molar-refractivity contribution in [3.8, 4) is 0 Å². The Kier molecular flexibility index (Phi) is 5.53. The van der Waals surface area contributed by atoms with Crippen LogP contribution in [0.15, 0.2) is 84.9 Å². The summed E-state index contributed by atoms with van der Waals surface area (Å²) in [6, 6.07) is 31.1. The Hall–Kier alpha value is -2.60. The van der Waals surface area contributed by atoms with Crippen LogP contribution >= 0.6 is 0 Å². The summed E-state index contributed by atoms with van der Waals surface area (Å²) in [7, 11) is 0. The third-order valence-electron chi connectivity index (χ3n) is 5.48. The molecule has 4 aromatic carbocycles. The second kappa shape index (κ2) is 8.39. The molecule has 0 aliphatic rings. The summed E-state index contributed by atoms with van der Waals surface area (Å²) in [4.78, 5) is 0. The van der Waals surface area contributed by atoms with Crippen LogP contribution in [-0.2, 0) is 0 Å². The van der Waals surface area contributed by atoms with Crippen molar-refractivity contribution in [1.29, 1.82) is 0 Å². The molecule has 0 aromatic heterocycles. The van der Waals surface area contributed by atoms with E-state index in [0.29, 0.717) is 0 Å². The standard InChI is InChI=1S/C27H27/c1-2-3-4-5-14-27(25-17-15-21-10-6-8-12-23(21)19-25)26-18-16-22-11-7-9-13-24(22)20-26/h6-13,15-20H,2-5,14H2,1H3. The lowest BCUT2D eigenvalue weighted by molar-refractivity contribution is 0.651. The van der Waals surface area contributed by atoms with E-state index in [1.54, 1.807) is 0 Å². The summed E-state index contributed by atoms with van der Waals surface area (Å²) < 4.78 is 0. The van der Waals surface area contributed by atoms with Gasteiger partial charge >= 0.3 is 0 Å².